The summed E-state index contributed by atoms with van der Waals surface area (Å²) in [6, 6.07) is 2.13. The lowest BCUT2D eigenvalue weighted by molar-refractivity contribution is 0.164. The van der Waals surface area contributed by atoms with Gasteiger partial charge in [-0.2, -0.15) is 0 Å². The van der Waals surface area contributed by atoms with E-state index in [1.807, 2.05) is 0 Å². The van der Waals surface area contributed by atoms with Crippen LogP contribution in [0.1, 0.15) is 36.8 Å². The highest BCUT2D eigenvalue weighted by atomic mass is 16.3. The average Bonchev–Trinajstić information content (AvgIpc) is 2.58. The molecule has 1 saturated heterocycles. The Morgan fingerprint density at radius 2 is 2.38 bits per heavy atom. The quantitative estimate of drug-likeness (QED) is 0.853. The smallest absolute Gasteiger partial charge is 0.120 e. The monoisotopic (exact) mass is 222 g/mol. The largest absolute Gasteiger partial charge is 0.463 e. The second kappa shape index (κ2) is 5.02. The minimum absolute atomic E-state index is 0.502. The molecular weight excluding hydrogens is 200 g/mol. The molecule has 2 heterocycles. The Bertz CT molecular complexity index is 346. The molecule has 3 heteroatoms. The van der Waals surface area contributed by atoms with E-state index in [9.17, 15) is 0 Å². The van der Waals surface area contributed by atoms with Crippen LogP contribution in [0.4, 0.5) is 0 Å². The molecule has 1 aliphatic rings. The van der Waals surface area contributed by atoms with E-state index in [1.54, 1.807) is 0 Å². The van der Waals surface area contributed by atoms with Crippen molar-refractivity contribution in [3.8, 4) is 0 Å². The van der Waals surface area contributed by atoms with Crippen LogP contribution in [0.5, 0.6) is 0 Å². The molecule has 90 valence electrons. The Labute approximate surface area is 97.6 Å². The lowest BCUT2D eigenvalue weighted by Gasteiger charge is -2.29. The summed E-state index contributed by atoms with van der Waals surface area (Å²) in [6.45, 7) is 8.21. The van der Waals surface area contributed by atoms with Crippen molar-refractivity contribution >= 4 is 0 Å². The van der Waals surface area contributed by atoms with Crippen molar-refractivity contribution in [3.63, 3.8) is 0 Å². The van der Waals surface area contributed by atoms with Crippen molar-refractivity contribution in [2.24, 2.45) is 11.7 Å². The average molecular weight is 222 g/mol. The maximum atomic E-state index is 5.73. The summed E-state index contributed by atoms with van der Waals surface area (Å²) in [5, 5.41) is 0. The molecule has 0 bridgehead atoms. The fourth-order valence-electron chi connectivity index (χ4n) is 2.52. The highest BCUT2D eigenvalue weighted by Crippen LogP contribution is 2.20. The van der Waals surface area contributed by atoms with Gasteiger partial charge in [-0.15, -0.1) is 0 Å². The normalized spacial score (nSPS) is 22.6. The summed E-state index contributed by atoms with van der Waals surface area (Å²) in [6.07, 6.45) is 2.67. The highest BCUT2D eigenvalue weighted by molar-refractivity contribution is 5.19. The number of nitrogens with zero attached hydrogens (tertiary/aromatic N) is 1. The zero-order chi connectivity index (χ0) is 11.5. The molecule has 0 amide bonds. The molecule has 0 spiro atoms. The van der Waals surface area contributed by atoms with Crippen molar-refractivity contribution in [1.29, 1.82) is 0 Å². The van der Waals surface area contributed by atoms with Crippen LogP contribution in [-0.4, -0.2) is 18.0 Å². The third kappa shape index (κ3) is 2.66. The molecule has 1 aromatic rings. The van der Waals surface area contributed by atoms with Crippen molar-refractivity contribution in [2.45, 2.75) is 39.8 Å². The molecule has 0 aromatic carbocycles. The molecule has 1 aromatic heterocycles. The number of aryl methyl sites for hydroxylation is 1. The number of piperidine rings is 1. The molecular formula is C13H22N2O. The highest BCUT2D eigenvalue weighted by Gasteiger charge is 2.17. The van der Waals surface area contributed by atoms with Crippen LogP contribution in [0, 0.1) is 12.8 Å². The van der Waals surface area contributed by atoms with Gasteiger partial charge in [0.2, 0.25) is 0 Å². The zero-order valence-electron chi connectivity index (χ0n) is 10.3. The third-order valence-electron chi connectivity index (χ3n) is 3.38. The molecule has 2 rings (SSSR count). The molecule has 16 heavy (non-hydrogen) atoms. The van der Waals surface area contributed by atoms with Gasteiger partial charge in [0.1, 0.15) is 11.5 Å². The Hall–Kier alpha value is -0.800. The molecule has 1 aliphatic heterocycles. The van der Waals surface area contributed by atoms with Crippen LogP contribution < -0.4 is 5.73 Å². The van der Waals surface area contributed by atoms with Gasteiger partial charge in [-0.05, 0) is 43.9 Å². The summed E-state index contributed by atoms with van der Waals surface area (Å²) in [7, 11) is 0. The van der Waals surface area contributed by atoms with Crippen LogP contribution in [0.2, 0.25) is 0 Å². The van der Waals surface area contributed by atoms with E-state index in [1.165, 1.54) is 31.5 Å². The van der Waals surface area contributed by atoms with Gasteiger partial charge in [0, 0.05) is 6.54 Å². The number of rotatable bonds is 3. The standard InChI is InChI=1S/C13H22N2O/c1-10-4-3-5-15(8-10)9-12-6-11(2)13(7-14)16-12/h6,10H,3-5,7-9,14H2,1-2H3. The second-order valence-electron chi connectivity index (χ2n) is 5.01. The lowest BCUT2D eigenvalue weighted by atomic mass is 10.0. The van der Waals surface area contributed by atoms with Gasteiger partial charge < -0.3 is 10.2 Å². The molecule has 2 N–H and O–H groups in total. The first kappa shape index (κ1) is 11.7. The lowest BCUT2D eigenvalue weighted by Crippen LogP contribution is -2.33. The van der Waals surface area contributed by atoms with Gasteiger partial charge in [-0.3, -0.25) is 4.90 Å². The second-order valence-corrected chi connectivity index (χ2v) is 5.01. The molecule has 1 unspecified atom stereocenters. The molecule has 1 fully saturated rings. The first-order chi connectivity index (χ1) is 7.69. The van der Waals surface area contributed by atoms with Crippen LogP contribution in [0.3, 0.4) is 0 Å². The molecule has 1 atom stereocenters. The predicted octanol–water partition coefficient (Wildman–Crippen LogP) is 2.28. The Balaban J connectivity index is 1.97. The predicted molar refractivity (Wildman–Crippen MR) is 65.0 cm³/mol. The number of likely N-dealkylation sites (tertiary alicyclic amines) is 1. The van der Waals surface area contributed by atoms with Gasteiger partial charge >= 0.3 is 0 Å². The Morgan fingerprint density at radius 3 is 3.00 bits per heavy atom. The summed E-state index contributed by atoms with van der Waals surface area (Å²) in [4.78, 5) is 2.48. The van der Waals surface area contributed by atoms with Gasteiger partial charge in [-0.25, -0.2) is 0 Å². The summed E-state index contributed by atoms with van der Waals surface area (Å²) in [5.41, 5.74) is 6.79. The van der Waals surface area contributed by atoms with Crippen molar-refractivity contribution in [1.82, 2.24) is 4.90 Å². The number of hydrogen-bond acceptors (Lipinski definition) is 3. The van der Waals surface area contributed by atoms with Gasteiger partial charge in [0.05, 0.1) is 13.1 Å². The van der Waals surface area contributed by atoms with Crippen molar-refractivity contribution in [3.05, 3.63) is 23.2 Å². The Morgan fingerprint density at radius 1 is 1.56 bits per heavy atom. The van der Waals surface area contributed by atoms with E-state index >= 15 is 0 Å². The molecule has 3 nitrogen and oxygen atoms in total. The first-order valence-electron chi connectivity index (χ1n) is 6.19. The topological polar surface area (TPSA) is 42.4 Å². The first-order valence-corrected chi connectivity index (χ1v) is 6.19. The van der Waals surface area contributed by atoms with E-state index in [-0.39, 0.29) is 0 Å². The number of nitrogens with two attached hydrogens (primary N) is 1. The zero-order valence-corrected chi connectivity index (χ0v) is 10.3. The van der Waals surface area contributed by atoms with E-state index in [0.717, 1.165) is 24.0 Å². The summed E-state index contributed by atoms with van der Waals surface area (Å²) < 4.78 is 5.73. The van der Waals surface area contributed by atoms with E-state index < -0.39 is 0 Å². The molecule has 0 saturated carbocycles. The fraction of sp³-hybridized carbons (Fsp3) is 0.692. The summed E-state index contributed by atoms with van der Waals surface area (Å²) >= 11 is 0. The van der Waals surface area contributed by atoms with E-state index in [2.05, 4.69) is 24.8 Å². The minimum atomic E-state index is 0.502. The van der Waals surface area contributed by atoms with Crippen LogP contribution in [0.15, 0.2) is 10.5 Å². The van der Waals surface area contributed by atoms with Gasteiger partial charge in [0.15, 0.2) is 0 Å². The molecule has 0 radical (unpaired) electrons. The molecule has 0 aliphatic carbocycles. The van der Waals surface area contributed by atoms with Crippen LogP contribution in [-0.2, 0) is 13.1 Å². The SMILES string of the molecule is Cc1cc(CN2CCCC(C)C2)oc1CN. The van der Waals surface area contributed by atoms with Gasteiger partial charge in [-0.1, -0.05) is 6.92 Å². The van der Waals surface area contributed by atoms with Crippen LogP contribution >= 0.6 is 0 Å². The fourth-order valence-corrected chi connectivity index (χ4v) is 2.52. The van der Waals surface area contributed by atoms with Gasteiger partial charge in [0.25, 0.3) is 0 Å². The maximum absolute atomic E-state index is 5.73. The summed E-state index contributed by atoms with van der Waals surface area (Å²) in [5.74, 6) is 2.81. The van der Waals surface area contributed by atoms with Crippen LogP contribution in [0.25, 0.3) is 0 Å². The van der Waals surface area contributed by atoms with E-state index in [0.29, 0.717) is 6.54 Å². The Kier molecular flexibility index (Phi) is 3.66. The van der Waals surface area contributed by atoms with E-state index in [4.69, 9.17) is 10.2 Å². The number of furan rings is 1. The number of hydrogen-bond donors (Lipinski definition) is 1. The maximum Gasteiger partial charge on any atom is 0.120 e. The van der Waals surface area contributed by atoms with Crippen molar-refractivity contribution < 1.29 is 4.42 Å². The third-order valence-corrected chi connectivity index (χ3v) is 3.38. The minimum Gasteiger partial charge on any atom is -0.463 e. The van der Waals surface area contributed by atoms with Crippen molar-refractivity contribution in [2.75, 3.05) is 13.1 Å².